The van der Waals surface area contributed by atoms with E-state index in [1.165, 1.54) is 37.7 Å². The number of carboxylic acid groups (broad SMARTS) is 1. The number of nitrogens with zero attached hydrogens (tertiary/aromatic N) is 2. The summed E-state index contributed by atoms with van der Waals surface area (Å²) in [6.07, 6.45) is 12.5. The molecule has 0 radical (unpaired) electrons. The molecule has 0 amide bonds. The number of likely N-dealkylation sites (tertiary alicyclic amines) is 1. The summed E-state index contributed by atoms with van der Waals surface area (Å²) in [4.78, 5) is 18.9. The molecule has 1 aromatic heterocycles. The average molecular weight is 425 g/mol. The molecule has 4 rings (SSSR count). The van der Waals surface area contributed by atoms with Crippen molar-refractivity contribution < 1.29 is 14.6 Å². The van der Waals surface area contributed by atoms with Crippen LogP contribution in [0.2, 0.25) is 0 Å². The zero-order valence-corrected chi connectivity index (χ0v) is 18.8. The first-order valence-electron chi connectivity index (χ1n) is 12.0. The van der Waals surface area contributed by atoms with Crippen LogP contribution in [0.1, 0.15) is 56.9 Å². The number of methoxy groups -OCH3 is 1. The number of benzene rings is 1. The molecule has 2 fully saturated rings. The number of carboxylic acids is 1. The molecule has 0 unspecified atom stereocenters. The van der Waals surface area contributed by atoms with Gasteiger partial charge in [-0.3, -0.25) is 9.78 Å². The van der Waals surface area contributed by atoms with Gasteiger partial charge < -0.3 is 14.7 Å². The summed E-state index contributed by atoms with van der Waals surface area (Å²) in [5, 5.41) is 11.0. The van der Waals surface area contributed by atoms with E-state index in [0.29, 0.717) is 0 Å². The van der Waals surface area contributed by atoms with Crippen molar-refractivity contribution in [3.8, 4) is 5.75 Å². The van der Waals surface area contributed by atoms with Crippen molar-refractivity contribution in [1.29, 1.82) is 0 Å². The number of pyridine rings is 1. The summed E-state index contributed by atoms with van der Waals surface area (Å²) in [5.74, 6) is 1.06. The third-order valence-electron chi connectivity index (χ3n) is 7.46. The van der Waals surface area contributed by atoms with Gasteiger partial charge in [0, 0.05) is 24.7 Å². The highest BCUT2D eigenvalue weighted by molar-refractivity contribution is 5.83. The molecule has 5 nitrogen and oxygen atoms in total. The molecule has 2 aromatic rings. The molecular formula is C26H36N2O3. The zero-order chi connectivity index (χ0) is 21.6. The van der Waals surface area contributed by atoms with Gasteiger partial charge in [-0.15, -0.1) is 0 Å². The van der Waals surface area contributed by atoms with Crippen LogP contribution in [-0.4, -0.2) is 47.7 Å². The van der Waals surface area contributed by atoms with E-state index in [1.54, 1.807) is 7.11 Å². The van der Waals surface area contributed by atoms with E-state index in [2.05, 4.69) is 22.0 Å². The summed E-state index contributed by atoms with van der Waals surface area (Å²) in [6.45, 7) is 2.88. The normalized spacial score (nSPS) is 23.1. The van der Waals surface area contributed by atoms with Crippen molar-refractivity contribution in [2.75, 3.05) is 26.7 Å². The summed E-state index contributed by atoms with van der Waals surface area (Å²) in [5.41, 5.74) is 2.25. The fourth-order valence-electron chi connectivity index (χ4n) is 5.68. The molecule has 0 spiro atoms. The second kappa shape index (κ2) is 10.4. The molecule has 0 bridgehead atoms. The van der Waals surface area contributed by atoms with Gasteiger partial charge in [0.05, 0.1) is 18.5 Å². The Morgan fingerprint density at radius 3 is 2.81 bits per heavy atom. The number of carbonyl (C=O) groups is 1. The molecule has 2 aliphatic rings. The third-order valence-corrected chi connectivity index (χ3v) is 7.46. The van der Waals surface area contributed by atoms with Gasteiger partial charge in [0.1, 0.15) is 5.75 Å². The Bertz CT molecular complexity index is 878. The van der Waals surface area contributed by atoms with Crippen LogP contribution >= 0.6 is 0 Å². The molecule has 168 valence electrons. The van der Waals surface area contributed by atoms with Crippen LogP contribution < -0.4 is 4.74 Å². The Hall–Kier alpha value is -2.14. The summed E-state index contributed by atoms with van der Waals surface area (Å²) < 4.78 is 5.38. The zero-order valence-electron chi connectivity index (χ0n) is 18.8. The first-order chi connectivity index (χ1) is 15.1. The lowest BCUT2D eigenvalue weighted by Crippen LogP contribution is -2.45. The van der Waals surface area contributed by atoms with Gasteiger partial charge in [-0.25, -0.2) is 0 Å². The van der Waals surface area contributed by atoms with Gasteiger partial charge in [0.25, 0.3) is 0 Å². The molecule has 1 N–H and O–H groups in total. The Labute approximate surface area is 185 Å². The maximum absolute atomic E-state index is 12.0. The minimum Gasteiger partial charge on any atom is -0.497 e. The lowest BCUT2D eigenvalue weighted by molar-refractivity contribution is -0.146. The van der Waals surface area contributed by atoms with Crippen LogP contribution in [0.4, 0.5) is 0 Å². The molecule has 1 aliphatic carbocycles. The Kier molecular flexibility index (Phi) is 7.44. The summed E-state index contributed by atoms with van der Waals surface area (Å²) in [6, 6.07) is 8.09. The average Bonchev–Trinajstić information content (AvgIpc) is 2.80. The number of hydrogen-bond acceptors (Lipinski definition) is 4. The maximum Gasteiger partial charge on any atom is 0.308 e. The van der Waals surface area contributed by atoms with Crippen LogP contribution in [-0.2, 0) is 11.2 Å². The van der Waals surface area contributed by atoms with Crippen molar-refractivity contribution in [2.24, 2.45) is 17.8 Å². The highest BCUT2D eigenvalue weighted by atomic mass is 16.5. The molecule has 2 heterocycles. The largest absolute Gasteiger partial charge is 0.497 e. The number of piperidine rings is 1. The monoisotopic (exact) mass is 424 g/mol. The van der Waals surface area contributed by atoms with Crippen molar-refractivity contribution in [3.63, 3.8) is 0 Å². The predicted octanol–water partition coefficient (Wildman–Crippen LogP) is 5.17. The van der Waals surface area contributed by atoms with Crippen LogP contribution in [0.25, 0.3) is 10.9 Å². The van der Waals surface area contributed by atoms with E-state index in [-0.39, 0.29) is 11.8 Å². The second-order valence-corrected chi connectivity index (χ2v) is 9.50. The minimum absolute atomic E-state index is 0.230. The Morgan fingerprint density at radius 2 is 2.03 bits per heavy atom. The number of fused-ring (bicyclic) bond motifs is 1. The van der Waals surface area contributed by atoms with Crippen molar-refractivity contribution >= 4 is 16.9 Å². The molecule has 2 atom stereocenters. The Balaban J connectivity index is 1.34. The number of aryl methyl sites for hydroxylation is 1. The van der Waals surface area contributed by atoms with Gasteiger partial charge in [0.2, 0.25) is 0 Å². The molecule has 1 aromatic carbocycles. The van der Waals surface area contributed by atoms with Crippen LogP contribution in [0.5, 0.6) is 5.75 Å². The SMILES string of the molecule is COc1ccc2nccc(CCC[C@@H]3CCN(CC4CCCCC4)C[C@@H]3C(=O)O)c2c1. The van der Waals surface area contributed by atoms with E-state index in [1.807, 2.05) is 18.3 Å². The standard InChI is InChI=1S/C26H36N2O3/c1-31-22-10-11-25-23(16-22)20(12-14-27-25)8-5-9-21-13-15-28(18-24(21)26(29)30)17-19-6-3-2-4-7-19/h10-12,14,16,19,21,24H,2-9,13,15,17-18H2,1H3,(H,29,30)/t21-,24+/m1/s1. The van der Waals surface area contributed by atoms with Crippen LogP contribution in [0.3, 0.4) is 0 Å². The lowest BCUT2D eigenvalue weighted by atomic mass is 9.80. The van der Waals surface area contributed by atoms with Gasteiger partial charge >= 0.3 is 5.97 Å². The summed E-state index contributed by atoms with van der Waals surface area (Å²) in [7, 11) is 1.68. The third kappa shape index (κ3) is 5.57. The van der Waals surface area contributed by atoms with Gasteiger partial charge in [0.15, 0.2) is 0 Å². The molecule has 1 aliphatic heterocycles. The molecule has 1 saturated heterocycles. The summed E-state index contributed by atoms with van der Waals surface area (Å²) >= 11 is 0. The van der Waals surface area contributed by atoms with Crippen LogP contribution in [0.15, 0.2) is 30.5 Å². The molecule has 1 saturated carbocycles. The van der Waals surface area contributed by atoms with E-state index in [0.717, 1.165) is 67.9 Å². The lowest BCUT2D eigenvalue weighted by Gasteiger charge is -2.39. The van der Waals surface area contributed by atoms with Gasteiger partial charge in [-0.1, -0.05) is 19.3 Å². The maximum atomic E-state index is 12.0. The highest BCUT2D eigenvalue weighted by Crippen LogP contribution is 2.32. The van der Waals surface area contributed by atoms with E-state index in [9.17, 15) is 9.90 Å². The predicted molar refractivity (Wildman–Crippen MR) is 123 cm³/mol. The smallest absolute Gasteiger partial charge is 0.308 e. The van der Waals surface area contributed by atoms with Gasteiger partial charge in [-0.2, -0.15) is 0 Å². The topological polar surface area (TPSA) is 62.7 Å². The Morgan fingerprint density at radius 1 is 1.19 bits per heavy atom. The van der Waals surface area contributed by atoms with E-state index >= 15 is 0 Å². The first kappa shape index (κ1) is 22.1. The second-order valence-electron chi connectivity index (χ2n) is 9.50. The molecular weight excluding hydrogens is 388 g/mol. The number of rotatable bonds is 8. The number of aromatic nitrogens is 1. The number of hydrogen-bond donors (Lipinski definition) is 1. The van der Waals surface area contributed by atoms with Gasteiger partial charge in [-0.05, 0) is 86.7 Å². The number of ether oxygens (including phenoxy) is 1. The quantitative estimate of drug-likeness (QED) is 0.633. The molecule has 5 heteroatoms. The molecule has 31 heavy (non-hydrogen) atoms. The van der Waals surface area contributed by atoms with Crippen molar-refractivity contribution in [1.82, 2.24) is 9.88 Å². The van der Waals surface area contributed by atoms with E-state index < -0.39 is 5.97 Å². The highest BCUT2D eigenvalue weighted by Gasteiger charge is 2.34. The fourth-order valence-corrected chi connectivity index (χ4v) is 5.68. The first-order valence-corrected chi connectivity index (χ1v) is 12.0. The van der Waals surface area contributed by atoms with E-state index in [4.69, 9.17) is 4.74 Å². The van der Waals surface area contributed by atoms with Crippen molar-refractivity contribution in [2.45, 2.75) is 57.8 Å². The minimum atomic E-state index is -0.613. The number of aliphatic carboxylic acids is 1. The van der Waals surface area contributed by atoms with Crippen molar-refractivity contribution in [3.05, 3.63) is 36.0 Å². The van der Waals surface area contributed by atoms with Crippen LogP contribution in [0, 0.1) is 17.8 Å². The fraction of sp³-hybridized carbons (Fsp3) is 0.615.